The molecule has 116 valence electrons. The molecule has 0 bridgehead atoms. The van der Waals surface area contributed by atoms with E-state index < -0.39 is 27.4 Å². The molecule has 0 aromatic heterocycles. The van der Waals surface area contributed by atoms with Gasteiger partial charge >= 0.3 is 5.97 Å². The molecule has 0 aliphatic carbocycles. The molecule has 0 saturated carbocycles. The summed E-state index contributed by atoms with van der Waals surface area (Å²) in [6.45, 7) is 1.85. The Labute approximate surface area is 135 Å². The van der Waals surface area contributed by atoms with Crippen LogP contribution in [0.15, 0.2) is 45.8 Å². The van der Waals surface area contributed by atoms with E-state index in [1.807, 2.05) is 6.92 Å². The number of rotatable bonds is 4. The zero-order valence-electron chi connectivity index (χ0n) is 11.3. The Bertz CT molecular complexity index is 852. The Morgan fingerprint density at radius 2 is 1.91 bits per heavy atom. The van der Waals surface area contributed by atoms with Gasteiger partial charge in [0.1, 0.15) is 5.82 Å². The van der Waals surface area contributed by atoms with Crippen molar-refractivity contribution in [3.05, 3.63) is 57.8 Å². The fraction of sp³-hybridized carbons (Fsp3) is 0.0714. The minimum Gasteiger partial charge on any atom is -0.478 e. The minimum atomic E-state index is -4.03. The summed E-state index contributed by atoms with van der Waals surface area (Å²) < 4.78 is 40.8. The Morgan fingerprint density at radius 1 is 1.23 bits per heavy atom. The van der Waals surface area contributed by atoms with Gasteiger partial charge in [0.25, 0.3) is 10.0 Å². The largest absolute Gasteiger partial charge is 0.478 e. The van der Waals surface area contributed by atoms with E-state index in [4.69, 9.17) is 5.11 Å². The molecule has 5 nitrogen and oxygen atoms in total. The molecule has 0 spiro atoms. The number of hydrogen-bond donors (Lipinski definition) is 2. The summed E-state index contributed by atoms with van der Waals surface area (Å²) in [6, 6.07) is 7.61. The predicted molar refractivity (Wildman–Crippen MR) is 83.0 cm³/mol. The highest BCUT2D eigenvalue weighted by molar-refractivity contribution is 9.10. The number of aromatic carboxylic acids is 1. The van der Waals surface area contributed by atoms with E-state index in [2.05, 4.69) is 20.7 Å². The molecular weight excluding hydrogens is 377 g/mol. The van der Waals surface area contributed by atoms with E-state index in [0.29, 0.717) is 10.2 Å². The Morgan fingerprint density at radius 3 is 2.50 bits per heavy atom. The fourth-order valence-corrected chi connectivity index (χ4v) is 3.57. The molecule has 0 aliphatic rings. The zero-order valence-corrected chi connectivity index (χ0v) is 13.7. The maximum Gasteiger partial charge on any atom is 0.338 e. The quantitative estimate of drug-likeness (QED) is 0.841. The average molecular weight is 388 g/mol. The first-order valence-corrected chi connectivity index (χ1v) is 8.30. The third-order valence-electron chi connectivity index (χ3n) is 2.85. The van der Waals surface area contributed by atoms with Gasteiger partial charge in [-0.15, -0.1) is 0 Å². The van der Waals surface area contributed by atoms with Crippen molar-refractivity contribution >= 4 is 37.6 Å². The molecule has 2 rings (SSSR count). The number of halogens is 2. The molecule has 0 amide bonds. The monoisotopic (exact) mass is 387 g/mol. The third kappa shape index (κ3) is 3.45. The van der Waals surface area contributed by atoms with Crippen LogP contribution in [0.25, 0.3) is 0 Å². The average Bonchev–Trinajstić information content (AvgIpc) is 2.42. The summed E-state index contributed by atoms with van der Waals surface area (Å²) in [6.07, 6.45) is 0. The summed E-state index contributed by atoms with van der Waals surface area (Å²) in [7, 11) is -4.03. The topological polar surface area (TPSA) is 83.5 Å². The van der Waals surface area contributed by atoms with Crippen molar-refractivity contribution in [2.45, 2.75) is 11.8 Å². The van der Waals surface area contributed by atoms with Gasteiger partial charge in [-0.25, -0.2) is 17.6 Å². The summed E-state index contributed by atoms with van der Waals surface area (Å²) in [4.78, 5) is 10.6. The molecule has 0 radical (unpaired) electrons. The molecule has 22 heavy (non-hydrogen) atoms. The standard InChI is InChI=1S/C14H11BrFNO4S/c1-8-2-5-13(11(15)6-8)17-22(20,21)9-3-4-12(16)10(7-9)14(18)19/h2-7,17H,1H3,(H,18,19). The molecule has 2 aromatic rings. The number of sulfonamides is 1. The number of hydrogen-bond acceptors (Lipinski definition) is 3. The van der Waals surface area contributed by atoms with Crippen LogP contribution in [0.5, 0.6) is 0 Å². The van der Waals surface area contributed by atoms with Crippen LogP contribution in [0.2, 0.25) is 0 Å². The molecule has 8 heteroatoms. The van der Waals surface area contributed by atoms with Gasteiger partial charge in [-0.3, -0.25) is 4.72 Å². The van der Waals surface area contributed by atoms with Crippen LogP contribution in [-0.2, 0) is 10.0 Å². The van der Waals surface area contributed by atoms with E-state index >= 15 is 0 Å². The molecule has 2 N–H and O–H groups in total. The number of carboxylic acid groups (broad SMARTS) is 1. The van der Waals surface area contributed by atoms with Crippen molar-refractivity contribution < 1.29 is 22.7 Å². The van der Waals surface area contributed by atoms with Crippen LogP contribution in [0.3, 0.4) is 0 Å². The number of carboxylic acids is 1. The molecule has 0 unspecified atom stereocenters. The molecule has 0 saturated heterocycles. The highest BCUT2D eigenvalue weighted by Crippen LogP contribution is 2.26. The number of nitrogens with one attached hydrogen (secondary N) is 1. The smallest absolute Gasteiger partial charge is 0.338 e. The van der Waals surface area contributed by atoms with Crippen LogP contribution in [-0.4, -0.2) is 19.5 Å². The zero-order chi connectivity index (χ0) is 16.5. The SMILES string of the molecule is Cc1ccc(NS(=O)(=O)c2ccc(F)c(C(=O)O)c2)c(Br)c1. The molecular formula is C14H11BrFNO4S. The molecule has 0 heterocycles. The second-order valence-electron chi connectivity index (χ2n) is 4.54. The minimum absolute atomic E-state index is 0.298. The Kier molecular flexibility index (Phi) is 4.52. The lowest BCUT2D eigenvalue weighted by Gasteiger charge is -2.11. The van der Waals surface area contributed by atoms with Gasteiger partial charge in [0.15, 0.2) is 0 Å². The van der Waals surface area contributed by atoms with E-state index in [9.17, 15) is 17.6 Å². The van der Waals surface area contributed by atoms with Gasteiger partial charge < -0.3 is 5.11 Å². The predicted octanol–water partition coefficient (Wildman–Crippen LogP) is 3.40. The van der Waals surface area contributed by atoms with Gasteiger partial charge in [0, 0.05) is 4.47 Å². The summed E-state index contributed by atoms with van der Waals surface area (Å²) in [5.41, 5.74) is 0.530. The van der Waals surface area contributed by atoms with Crippen molar-refractivity contribution in [2.24, 2.45) is 0 Å². The normalized spacial score (nSPS) is 11.2. The molecule has 0 fully saturated rings. The van der Waals surface area contributed by atoms with E-state index in [1.54, 1.807) is 18.2 Å². The second kappa shape index (κ2) is 6.05. The number of anilines is 1. The Balaban J connectivity index is 2.42. The van der Waals surface area contributed by atoms with Crippen molar-refractivity contribution in [1.29, 1.82) is 0 Å². The van der Waals surface area contributed by atoms with Crippen LogP contribution < -0.4 is 4.72 Å². The van der Waals surface area contributed by atoms with E-state index in [0.717, 1.165) is 23.8 Å². The molecule has 0 atom stereocenters. The lowest BCUT2D eigenvalue weighted by atomic mass is 10.2. The Hall–Kier alpha value is -1.93. The van der Waals surface area contributed by atoms with Crippen LogP contribution in [0.4, 0.5) is 10.1 Å². The maximum atomic E-state index is 13.3. The summed E-state index contributed by atoms with van der Waals surface area (Å²) in [5.74, 6) is -2.53. The second-order valence-corrected chi connectivity index (χ2v) is 7.07. The number of carbonyl (C=O) groups is 1. The number of benzene rings is 2. The van der Waals surface area contributed by atoms with E-state index in [1.165, 1.54) is 0 Å². The molecule has 0 aliphatic heterocycles. The van der Waals surface area contributed by atoms with E-state index in [-0.39, 0.29) is 4.90 Å². The van der Waals surface area contributed by atoms with Crippen molar-refractivity contribution in [3.8, 4) is 0 Å². The highest BCUT2D eigenvalue weighted by atomic mass is 79.9. The maximum absolute atomic E-state index is 13.3. The van der Waals surface area contributed by atoms with Crippen LogP contribution in [0.1, 0.15) is 15.9 Å². The first-order chi connectivity index (χ1) is 10.2. The van der Waals surface area contributed by atoms with Gasteiger partial charge in [-0.05, 0) is 58.7 Å². The number of aryl methyl sites for hydroxylation is 1. The van der Waals surface area contributed by atoms with Crippen LogP contribution >= 0.6 is 15.9 Å². The highest BCUT2D eigenvalue weighted by Gasteiger charge is 2.20. The first-order valence-electron chi connectivity index (χ1n) is 6.02. The third-order valence-corrected chi connectivity index (χ3v) is 4.87. The lowest BCUT2D eigenvalue weighted by molar-refractivity contribution is 0.0691. The van der Waals surface area contributed by atoms with Gasteiger partial charge in [-0.1, -0.05) is 6.07 Å². The summed E-state index contributed by atoms with van der Waals surface area (Å²) >= 11 is 3.24. The van der Waals surface area contributed by atoms with Crippen LogP contribution in [0, 0.1) is 12.7 Å². The van der Waals surface area contributed by atoms with Crippen molar-refractivity contribution in [3.63, 3.8) is 0 Å². The lowest BCUT2D eigenvalue weighted by Crippen LogP contribution is -2.14. The van der Waals surface area contributed by atoms with Gasteiger partial charge in [0.05, 0.1) is 16.1 Å². The molecule has 2 aromatic carbocycles. The van der Waals surface area contributed by atoms with Crippen molar-refractivity contribution in [1.82, 2.24) is 0 Å². The first kappa shape index (κ1) is 16.4. The van der Waals surface area contributed by atoms with Gasteiger partial charge in [-0.2, -0.15) is 0 Å². The summed E-state index contributed by atoms with van der Waals surface area (Å²) in [5, 5.41) is 8.86. The van der Waals surface area contributed by atoms with Gasteiger partial charge in [0.2, 0.25) is 0 Å². The fourth-order valence-electron chi connectivity index (χ4n) is 1.74. The van der Waals surface area contributed by atoms with Crippen molar-refractivity contribution in [2.75, 3.05) is 4.72 Å².